The number of nitriles is 1. The third-order valence-electron chi connectivity index (χ3n) is 2.13. The molecule has 0 radical (unpaired) electrons. The molecule has 1 aromatic heterocycles. The van der Waals surface area contributed by atoms with Crippen LogP contribution in [-0.4, -0.2) is 9.55 Å². The maximum atomic E-state index is 8.81. The van der Waals surface area contributed by atoms with Crippen molar-refractivity contribution in [2.24, 2.45) is 0 Å². The Morgan fingerprint density at radius 3 is 2.87 bits per heavy atom. The number of hydrogen-bond acceptors (Lipinski definition) is 2. The molecule has 3 nitrogen and oxygen atoms in total. The lowest BCUT2D eigenvalue weighted by molar-refractivity contribution is 0.956. The van der Waals surface area contributed by atoms with Gasteiger partial charge in [-0.15, -0.1) is 0 Å². The van der Waals surface area contributed by atoms with Crippen molar-refractivity contribution in [3.05, 3.63) is 46.5 Å². The van der Waals surface area contributed by atoms with Crippen LogP contribution in [0.2, 0.25) is 0 Å². The normalized spacial score (nSPS) is 9.93. The van der Waals surface area contributed by atoms with Gasteiger partial charge in [-0.2, -0.15) is 5.26 Å². The molecule has 0 N–H and O–H groups in total. The van der Waals surface area contributed by atoms with Gasteiger partial charge >= 0.3 is 0 Å². The molecule has 1 aromatic carbocycles. The molecular weight excluding hydrogens is 254 g/mol. The van der Waals surface area contributed by atoms with Crippen LogP contribution in [0.15, 0.2) is 35.1 Å². The molecule has 0 amide bonds. The number of benzene rings is 1. The summed E-state index contributed by atoms with van der Waals surface area (Å²) in [6.45, 7) is 1.92. The van der Waals surface area contributed by atoms with E-state index >= 15 is 0 Å². The molecule has 0 unspecified atom stereocenters. The summed E-state index contributed by atoms with van der Waals surface area (Å²) in [5.41, 5.74) is 1.59. The predicted octanol–water partition coefficient (Wildman–Crippen LogP) is 2.81. The summed E-state index contributed by atoms with van der Waals surface area (Å²) in [4.78, 5) is 4.18. The van der Waals surface area contributed by atoms with E-state index in [4.69, 9.17) is 5.26 Å². The first-order valence-corrected chi connectivity index (χ1v) is 5.22. The Morgan fingerprint density at radius 1 is 1.47 bits per heavy atom. The largest absolute Gasteiger partial charge is 0.291 e. The quantitative estimate of drug-likeness (QED) is 0.792. The lowest BCUT2D eigenvalue weighted by Gasteiger charge is -2.06. The summed E-state index contributed by atoms with van der Waals surface area (Å²) in [5.74, 6) is 0.886. The van der Waals surface area contributed by atoms with Crippen LogP contribution >= 0.6 is 15.9 Å². The minimum Gasteiger partial charge on any atom is -0.291 e. The molecule has 15 heavy (non-hydrogen) atoms. The molecule has 4 heteroatoms. The highest BCUT2D eigenvalue weighted by atomic mass is 79.9. The summed E-state index contributed by atoms with van der Waals surface area (Å²) < 4.78 is 2.83. The molecule has 0 bridgehead atoms. The van der Waals surface area contributed by atoms with E-state index < -0.39 is 0 Å². The van der Waals surface area contributed by atoms with Crippen LogP contribution in [0.5, 0.6) is 0 Å². The Kier molecular flexibility index (Phi) is 2.57. The Hall–Kier alpha value is -1.60. The molecular formula is C11H8BrN3. The average molecular weight is 262 g/mol. The number of aromatic nitrogens is 2. The number of halogens is 1. The van der Waals surface area contributed by atoms with Crippen molar-refractivity contribution in [3.63, 3.8) is 0 Å². The zero-order valence-electron chi connectivity index (χ0n) is 8.11. The van der Waals surface area contributed by atoms with Gasteiger partial charge in [-0.05, 0) is 41.1 Å². The van der Waals surface area contributed by atoms with Crippen molar-refractivity contribution in [2.75, 3.05) is 0 Å². The summed E-state index contributed by atoms with van der Waals surface area (Å²) in [6.07, 6.45) is 1.74. The monoisotopic (exact) mass is 261 g/mol. The van der Waals surface area contributed by atoms with Crippen LogP contribution in [0.1, 0.15) is 11.4 Å². The summed E-state index contributed by atoms with van der Waals surface area (Å²) in [5, 5.41) is 8.81. The van der Waals surface area contributed by atoms with Crippen molar-refractivity contribution in [2.45, 2.75) is 6.92 Å². The van der Waals surface area contributed by atoms with Gasteiger partial charge in [0, 0.05) is 5.69 Å². The van der Waals surface area contributed by atoms with E-state index in [9.17, 15) is 0 Å². The molecule has 0 aliphatic rings. The summed E-state index contributed by atoms with van der Waals surface area (Å²) in [6, 6.07) is 9.54. The van der Waals surface area contributed by atoms with Crippen LogP contribution in [-0.2, 0) is 0 Å². The number of hydrogen-bond donors (Lipinski definition) is 0. The first kappa shape index (κ1) is 9.94. The molecule has 0 saturated heterocycles. The smallest absolute Gasteiger partial charge is 0.110 e. The molecule has 2 rings (SSSR count). The first-order valence-electron chi connectivity index (χ1n) is 4.43. The maximum Gasteiger partial charge on any atom is 0.110 e. The Morgan fingerprint density at radius 2 is 2.27 bits per heavy atom. The Labute approximate surface area is 96.1 Å². The van der Waals surface area contributed by atoms with E-state index in [-0.39, 0.29) is 0 Å². The molecule has 2 aromatic rings. The van der Waals surface area contributed by atoms with Crippen molar-refractivity contribution < 1.29 is 0 Å². The highest BCUT2D eigenvalue weighted by Crippen LogP contribution is 2.19. The maximum absolute atomic E-state index is 8.81. The van der Waals surface area contributed by atoms with Gasteiger partial charge in [-0.1, -0.05) is 6.07 Å². The third-order valence-corrected chi connectivity index (χ3v) is 2.69. The van der Waals surface area contributed by atoms with Crippen LogP contribution in [0, 0.1) is 18.3 Å². The van der Waals surface area contributed by atoms with Crippen LogP contribution in [0.4, 0.5) is 0 Å². The number of aryl methyl sites for hydroxylation is 1. The predicted molar refractivity (Wildman–Crippen MR) is 60.7 cm³/mol. The van der Waals surface area contributed by atoms with Gasteiger partial charge in [0.1, 0.15) is 10.4 Å². The average Bonchev–Trinajstić information content (AvgIpc) is 2.59. The first-order chi connectivity index (χ1) is 7.22. The fourth-order valence-electron chi connectivity index (χ4n) is 1.44. The van der Waals surface area contributed by atoms with E-state index in [2.05, 4.69) is 27.0 Å². The minimum atomic E-state index is 0.646. The molecule has 1 heterocycles. The SMILES string of the molecule is Cc1ncc(Br)n1-c1cccc(C#N)c1. The highest BCUT2D eigenvalue weighted by molar-refractivity contribution is 9.10. The fraction of sp³-hybridized carbons (Fsp3) is 0.0909. The van der Waals surface area contributed by atoms with Crippen molar-refractivity contribution in [1.29, 1.82) is 5.26 Å². The lowest BCUT2D eigenvalue weighted by atomic mass is 10.2. The summed E-state index contributed by atoms with van der Waals surface area (Å²) >= 11 is 3.42. The third kappa shape index (κ3) is 1.79. The minimum absolute atomic E-state index is 0.646. The van der Waals surface area contributed by atoms with Crippen LogP contribution < -0.4 is 0 Å². The van der Waals surface area contributed by atoms with E-state index in [0.29, 0.717) is 5.56 Å². The molecule has 0 spiro atoms. The number of imidazole rings is 1. The van der Waals surface area contributed by atoms with Crippen molar-refractivity contribution in [1.82, 2.24) is 9.55 Å². The second-order valence-corrected chi connectivity index (χ2v) is 3.94. The molecule has 0 aliphatic carbocycles. The van der Waals surface area contributed by atoms with Gasteiger partial charge in [-0.3, -0.25) is 4.57 Å². The second-order valence-electron chi connectivity index (χ2n) is 3.13. The zero-order chi connectivity index (χ0) is 10.8. The van der Waals surface area contributed by atoms with Gasteiger partial charge < -0.3 is 0 Å². The number of rotatable bonds is 1. The standard InChI is InChI=1S/C11H8BrN3/c1-8-14-7-11(12)15(8)10-4-2-3-9(5-10)6-13/h2-5,7H,1H3. The van der Waals surface area contributed by atoms with Crippen LogP contribution in [0.3, 0.4) is 0 Å². The summed E-state index contributed by atoms with van der Waals surface area (Å²) in [7, 11) is 0. The van der Waals surface area contributed by atoms with E-state index in [1.165, 1.54) is 0 Å². The van der Waals surface area contributed by atoms with Crippen molar-refractivity contribution >= 4 is 15.9 Å². The Bertz CT molecular complexity index is 518. The van der Waals surface area contributed by atoms with E-state index in [0.717, 1.165) is 16.1 Å². The highest BCUT2D eigenvalue weighted by Gasteiger charge is 2.06. The van der Waals surface area contributed by atoms with Gasteiger partial charge in [-0.25, -0.2) is 4.98 Å². The van der Waals surface area contributed by atoms with Gasteiger partial charge in [0.2, 0.25) is 0 Å². The van der Waals surface area contributed by atoms with Crippen molar-refractivity contribution in [3.8, 4) is 11.8 Å². The van der Waals surface area contributed by atoms with Gasteiger partial charge in [0.25, 0.3) is 0 Å². The van der Waals surface area contributed by atoms with Gasteiger partial charge in [0.15, 0.2) is 0 Å². The lowest BCUT2D eigenvalue weighted by Crippen LogP contribution is -1.97. The number of nitrogens with zero attached hydrogens (tertiary/aromatic N) is 3. The molecule has 0 atom stereocenters. The van der Waals surface area contributed by atoms with E-state index in [1.807, 2.05) is 29.7 Å². The molecule has 0 fully saturated rings. The topological polar surface area (TPSA) is 41.6 Å². The zero-order valence-corrected chi connectivity index (χ0v) is 9.69. The molecule has 0 saturated carbocycles. The second kappa shape index (κ2) is 3.87. The Balaban J connectivity index is 2.60. The van der Waals surface area contributed by atoms with E-state index in [1.54, 1.807) is 12.3 Å². The van der Waals surface area contributed by atoms with Crippen LogP contribution in [0.25, 0.3) is 5.69 Å². The molecule has 0 aliphatic heterocycles. The van der Waals surface area contributed by atoms with Gasteiger partial charge in [0.05, 0.1) is 17.8 Å². The fourth-order valence-corrected chi connectivity index (χ4v) is 2.01. The molecule has 74 valence electrons.